The van der Waals surface area contributed by atoms with Gasteiger partial charge in [0, 0.05) is 50.3 Å². The van der Waals surface area contributed by atoms with E-state index in [0.717, 1.165) is 31.7 Å². The fourth-order valence-electron chi connectivity index (χ4n) is 3.80. The number of aromatic nitrogens is 1. The van der Waals surface area contributed by atoms with Crippen LogP contribution in [0.4, 0.5) is 5.69 Å². The zero-order chi connectivity index (χ0) is 20.1. The van der Waals surface area contributed by atoms with Gasteiger partial charge in [-0.2, -0.15) is 0 Å². The maximum absolute atomic E-state index is 12.3. The summed E-state index contributed by atoms with van der Waals surface area (Å²) >= 11 is 0. The van der Waals surface area contributed by atoms with E-state index in [1.165, 1.54) is 5.69 Å². The van der Waals surface area contributed by atoms with Gasteiger partial charge in [0.05, 0.1) is 0 Å². The molecule has 1 amide bonds. The summed E-state index contributed by atoms with van der Waals surface area (Å²) < 4.78 is 0. The molecule has 0 bridgehead atoms. The third-order valence-corrected chi connectivity index (χ3v) is 5.15. The van der Waals surface area contributed by atoms with Gasteiger partial charge >= 0.3 is 0 Å². The molecular formula is C21H29N5O2. The topological polar surface area (TPSA) is 85.9 Å². The van der Waals surface area contributed by atoms with Crippen molar-refractivity contribution in [2.45, 2.75) is 32.4 Å². The number of nitrogens with zero attached hydrogens (tertiary/aromatic N) is 4. The second-order valence-electron chi connectivity index (χ2n) is 7.41. The molecule has 1 aliphatic rings. The summed E-state index contributed by atoms with van der Waals surface area (Å²) in [5, 5.41) is 13.9. The number of nitrogens with two attached hydrogens (primary N) is 1. The highest BCUT2D eigenvalue weighted by molar-refractivity contribution is 5.80. The third-order valence-electron chi connectivity index (χ3n) is 5.15. The van der Waals surface area contributed by atoms with Gasteiger partial charge in [-0.05, 0) is 50.1 Å². The molecule has 0 saturated carbocycles. The summed E-state index contributed by atoms with van der Waals surface area (Å²) in [7, 11) is 0. The highest BCUT2D eigenvalue weighted by Crippen LogP contribution is 2.21. The molecule has 0 aliphatic carbocycles. The van der Waals surface area contributed by atoms with E-state index in [9.17, 15) is 9.90 Å². The number of hydrazine groups is 1. The first-order valence-electron chi connectivity index (χ1n) is 9.71. The van der Waals surface area contributed by atoms with Crippen LogP contribution in [0.15, 0.2) is 48.8 Å². The largest absolute Gasteiger partial charge is 0.508 e. The second kappa shape index (κ2) is 9.03. The lowest BCUT2D eigenvalue weighted by Gasteiger charge is -2.46. The molecule has 1 fully saturated rings. The van der Waals surface area contributed by atoms with E-state index in [-0.39, 0.29) is 17.7 Å². The molecule has 3 N–H and O–H groups in total. The van der Waals surface area contributed by atoms with Crippen molar-refractivity contribution in [2.75, 3.05) is 31.1 Å². The Morgan fingerprint density at radius 3 is 2.25 bits per heavy atom. The van der Waals surface area contributed by atoms with Crippen LogP contribution in [-0.4, -0.2) is 64.3 Å². The number of anilines is 1. The molecule has 3 rings (SSSR count). The van der Waals surface area contributed by atoms with Crippen molar-refractivity contribution in [3.8, 4) is 5.75 Å². The Hall–Kier alpha value is -2.64. The van der Waals surface area contributed by atoms with E-state index >= 15 is 0 Å². The van der Waals surface area contributed by atoms with Crippen molar-refractivity contribution in [3.63, 3.8) is 0 Å². The molecule has 1 aromatic carbocycles. The Bertz CT molecular complexity index is 758. The SMILES string of the molecule is CC(C)N([C@H](Cc1ccc(O)cc1)C(N)=O)N1CCN(c2ccncc2)CC1. The van der Waals surface area contributed by atoms with Gasteiger partial charge in [0.15, 0.2) is 0 Å². The van der Waals surface area contributed by atoms with Gasteiger partial charge < -0.3 is 15.7 Å². The molecule has 2 aromatic rings. The molecule has 2 heterocycles. The lowest BCUT2D eigenvalue weighted by molar-refractivity contribution is -0.139. The summed E-state index contributed by atoms with van der Waals surface area (Å²) in [4.78, 5) is 18.7. The van der Waals surface area contributed by atoms with Crippen LogP contribution < -0.4 is 10.6 Å². The number of hydrogen-bond donors (Lipinski definition) is 2. The Balaban J connectivity index is 1.72. The maximum atomic E-state index is 12.3. The zero-order valence-electron chi connectivity index (χ0n) is 16.5. The smallest absolute Gasteiger partial charge is 0.236 e. The first kappa shape index (κ1) is 20.1. The number of amides is 1. The van der Waals surface area contributed by atoms with Crippen molar-refractivity contribution in [3.05, 3.63) is 54.4 Å². The molecule has 0 radical (unpaired) electrons. The fraction of sp³-hybridized carbons (Fsp3) is 0.429. The van der Waals surface area contributed by atoms with Crippen molar-refractivity contribution < 1.29 is 9.90 Å². The lowest BCUT2D eigenvalue weighted by atomic mass is 10.0. The van der Waals surface area contributed by atoms with Gasteiger partial charge in [0.2, 0.25) is 5.91 Å². The van der Waals surface area contributed by atoms with Gasteiger partial charge in [0.1, 0.15) is 11.8 Å². The number of pyridine rings is 1. The molecule has 150 valence electrons. The van der Waals surface area contributed by atoms with Crippen LogP contribution in [-0.2, 0) is 11.2 Å². The predicted molar refractivity (Wildman–Crippen MR) is 110 cm³/mol. The second-order valence-corrected chi connectivity index (χ2v) is 7.41. The molecule has 1 saturated heterocycles. The van der Waals surface area contributed by atoms with Crippen LogP contribution >= 0.6 is 0 Å². The quantitative estimate of drug-likeness (QED) is 0.756. The van der Waals surface area contributed by atoms with Crippen LogP contribution in [0.25, 0.3) is 0 Å². The minimum absolute atomic E-state index is 0.141. The van der Waals surface area contributed by atoms with E-state index in [2.05, 4.69) is 33.7 Å². The van der Waals surface area contributed by atoms with Crippen LogP contribution in [0.2, 0.25) is 0 Å². The van der Waals surface area contributed by atoms with Gasteiger partial charge in [-0.1, -0.05) is 12.1 Å². The highest BCUT2D eigenvalue weighted by Gasteiger charge is 2.33. The number of carbonyl (C=O) groups excluding carboxylic acids is 1. The molecular weight excluding hydrogens is 354 g/mol. The number of hydrogen-bond acceptors (Lipinski definition) is 6. The summed E-state index contributed by atoms with van der Waals surface area (Å²) in [5.74, 6) is -0.120. The Labute approximate surface area is 166 Å². The molecule has 1 aromatic heterocycles. The number of phenolic OH excluding ortho intramolecular Hbond substituents is 1. The van der Waals surface area contributed by atoms with Crippen LogP contribution in [0.1, 0.15) is 19.4 Å². The minimum atomic E-state index is -0.433. The lowest BCUT2D eigenvalue weighted by Crippen LogP contribution is -2.62. The van der Waals surface area contributed by atoms with E-state index in [1.807, 2.05) is 36.7 Å². The normalized spacial score (nSPS) is 16.5. The average molecular weight is 383 g/mol. The number of primary amides is 1. The number of benzene rings is 1. The highest BCUT2D eigenvalue weighted by atomic mass is 16.3. The van der Waals surface area contributed by atoms with Crippen molar-refractivity contribution in [1.29, 1.82) is 0 Å². The van der Waals surface area contributed by atoms with E-state index in [0.29, 0.717) is 6.42 Å². The number of piperazine rings is 1. The number of rotatable bonds is 7. The van der Waals surface area contributed by atoms with Gasteiger partial charge in [0.25, 0.3) is 0 Å². The summed E-state index contributed by atoms with van der Waals surface area (Å²) in [6, 6.07) is 10.7. The van der Waals surface area contributed by atoms with Crippen molar-refractivity contribution >= 4 is 11.6 Å². The standard InChI is InChI=1S/C21H29N5O2/c1-16(2)26(20(21(22)28)15-17-3-5-19(27)6-4-17)25-13-11-24(12-14-25)18-7-9-23-10-8-18/h3-10,16,20,27H,11-15H2,1-2H3,(H2,22,28)/t20-/m1/s1. The van der Waals surface area contributed by atoms with Gasteiger partial charge in [-0.3, -0.25) is 9.78 Å². The van der Waals surface area contributed by atoms with Gasteiger partial charge in [-0.25, -0.2) is 10.0 Å². The Morgan fingerprint density at radius 2 is 1.71 bits per heavy atom. The Morgan fingerprint density at radius 1 is 1.11 bits per heavy atom. The monoisotopic (exact) mass is 383 g/mol. The number of phenols is 1. The first-order chi connectivity index (χ1) is 13.5. The van der Waals surface area contributed by atoms with E-state index < -0.39 is 6.04 Å². The zero-order valence-corrected chi connectivity index (χ0v) is 16.5. The minimum Gasteiger partial charge on any atom is -0.508 e. The van der Waals surface area contributed by atoms with Crippen molar-refractivity contribution in [1.82, 2.24) is 15.0 Å². The van der Waals surface area contributed by atoms with E-state index in [4.69, 9.17) is 5.73 Å². The molecule has 28 heavy (non-hydrogen) atoms. The van der Waals surface area contributed by atoms with Crippen LogP contribution in [0, 0.1) is 0 Å². The molecule has 0 spiro atoms. The molecule has 7 heteroatoms. The van der Waals surface area contributed by atoms with Crippen molar-refractivity contribution in [2.24, 2.45) is 5.73 Å². The molecule has 1 aliphatic heterocycles. The summed E-state index contributed by atoms with van der Waals surface area (Å²) in [6.07, 6.45) is 4.13. The number of aromatic hydroxyl groups is 1. The Kier molecular flexibility index (Phi) is 6.49. The van der Waals surface area contributed by atoms with Crippen LogP contribution in [0.5, 0.6) is 5.75 Å². The molecule has 0 unspecified atom stereocenters. The average Bonchev–Trinajstić information content (AvgIpc) is 2.70. The third kappa shape index (κ3) is 4.79. The number of carbonyl (C=O) groups is 1. The van der Waals surface area contributed by atoms with Gasteiger partial charge in [-0.15, -0.1) is 0 Å². The molecule has 1 atom stereocenters. The van der Waals surface area contributed by atoms with Crippen LogP contribution in [0.3, 0.4) is 0 Å². The summed E-state index contributed by atoms with van der Waals surface area (Å²) in [6.45, 7) is 7.56. The molecule has 7 nitrogen and oxygen atoms in total. The van der Waals surface area contributed by atoms with E-state index in [1.54, 1.807) is 12.1 Å². The summed E-state index contributed by atoms with van der Waals surface area (Å²) in [5.41, 5.74) is 7.95. The maximum Gasteiger partial charge on any atom is 0.236 e. The predicted octanol–water partition coefficient (Wildman–Crippen LogP) is 1.63. The fourth-order valence-corrected chi connectivity index (χ4v) is 3.80. The first-order valence-corrected chi connectivity index (χ1v) is 9.71.